The smallest absolute Gasteiger partial charge is 0.333 e. The number of carbonyl (C=O) groups excluding carboxylic acids is 1. The summed E-state index contributed by atoms with van der Waals surface area (Å²) >= 11 is 0. The summed E-state index contributed by atoms with van der Waals surface area (Å²) in [4.78, 5) is 11.4. The highest BCUT2D eigenvalue weighted by Crippen LogP contribution is 2.32. The Bertz CT molecular complexity index is 228. The molecular weight excluding hydrogens is 164 g/mol. The van der Waals surface area contributed by atoms with Crippen molar-refractivity contribution in [2.75, 3.05) is 6.61 Å². The van der Waals surface area contributed by atoms with Crippen LogP contribution in [0.25, 0.3) is 0 Å². The lowest BCUT2D eigenvalue weighted by atomic mass is 10.1. The molecule has 13 heavy (non-hydrogen) atoms. The molecule has 0 N–H and O–H groups in total. The topological polar surface area (TPSA) is 26.3 Å². The quantitative estimate of drug-likeness (QED) is 0.485. The second-order valence-corrected chi connectivity index (χ2v) is 3.80. The van der Waals surface area contributed by atoms with Gasteiger partial charge in [-0.25, -0.2) is 4.79 Å². The molecule has 1 fully saturated rings. The Morgan fingerprint density at radius 2 is 2.31 bits per heavy atom. The summed E-state index contributed by atoms with van der Waals surface area (Å²) in [6.45, 7) is 6.42. The maximum atomic E-state index is 11.4. The van der Waals surface area contributed by atoms with Crippen LogP contribution in [0.4, 0.5) is 0 Å². The summed E-state index contributed by atoms with van der Waals surface area (Å²) < 4.78 is 4.95. The lowest BCUT2D eigenvalue weighted by Crippen LogP contribution is -2.07. The van der Waals surface area contributed by atoms with Crippen LogP contribution in [0.15, 0.2) is 11.1 Å². The van der Waals surface area contributed by atoms with E-state index in [4.69, 9.17) is 4.74 Å². The Morgan fingerprint density at radius 1 is 1.62 bits per heavy atom. The molecule has 0 saturated heterocycles. The van der Waals surface area contributed by atoms with E-state index < -0.39 is 0 Å². The summed E-state index contributed by atoms with van der Waals surface area (Å²) in [6.07, 6.45) is 3.36. The van der Waals surface area contributed by atoms with Gasteiger partial charge in [-0.15, -0.1) is 0 Å². The first kappa shape index (κ1) is 10.3. The summed E-state index contributed by atoms with van der Waals surface area (Å²) in [5, 5.41) is 0. The monoisotopic (exact) mass is 182 g/mol. The fourth-order valence-electron chi connectivity index (χ4n) is 1.77. The van der Waals surface area contributed by atoms with Crippen LogP contribution in [-0.4, -0.2) is 12.6 Å². The van der Waals surface area contributed by atoms with Crippen molar-refractivity contribution in [3.63, 3.8) is 0 Å². The maximum absolute atomic E-state index is 11.4. The van der Waals surface area contributed by atoms with E-state index in [2.05, 4.69) is 6.92 Å². The summed E-state index contributed by atoms with van der Waals surface area (Å²) in [5.41, 5.74) is 2.14. The Morgan fingerprint density at radius 3 is 2.77 bits per heavy atom. The van der Waals surface area contributed by atoms with Crippen molar-refractivity contribution in [2.24, 2.45) is 5.92 Å². The molecule has 1 rings (SSSR count). The van der Waals surface area contributed by atoms with E-state index in [-0.39, 0.29) is 5.97 Å². The van der Waals surface area contributed by atoms with Gasteiger partial charge in [0.05, 0.1) is 6.61 Å². The number of ether oxygens (including phenoxy) is 1. The van der Waals surface area contributed by atoms with E-state index in [1.165, 1.54) is 12.0 Å². The average Bonchev–Trinajstić information content (AvgIpc) is 2.51. The van der Waals surface area contributed by atoms with E-state index >= 15 is 0 Å². The van der Waals surface area contributed by atoms with Crippen molar-refractivity contribution in [3.05, 3.63) is 11.1 Å². The minimum absolute atomic E-state index is 0.133. The maximum Gasteiger partial charge on any atom is 0.333 e. The molecule has 1 aliphatic rings. The predicted molar refractivity (Wildman–Crippen MR) is 52.3 cm³/mol. The lowest BCUT2D eigenvalue weighted by Gasteiger charge is -2.05. The zero-order valence-corrected chi connectivity index (χ0v) is 8.72. The molecule has 0 heterocycles. The molecule has 0 amide bonds. The first-order chi connectivity index (χ1) is 6.15. The number of carbonyl (C=O) groups is 1. The SMILES string of the molecule is CCOC(=O)C(C)=C1CCC(C)C1. The van der Waals surface area contributed by atoms with Gasteiger partial charge >= 0.3 is 5.97 Å². The van der Waals surface area contributed by atoms with Gasteiger partial charge < -0.3 is 4.74 Å². The fraction of sp³-hybridized carbons (Fsp3) is 0.727. The molecule has 0 bridgehead atoms. The molecule has 0 aromatic rings. The molecule has 1 atom stereocenters. The Kier molecular flexibility index (Phi) is 3.52. The van der Waals surface area contributed by atoms with Crippen LogP contribution >= 0.6 is 0 Å². The Hall–Kier alpha value is -0.790. The summed E-state index contributed by atoms with van der Waals surface area (Å²) in [5.74, 6) is 0.603. The molecule has 2 nitrogen and oxygen atoms in total. The second kappa shape index (κ2) is 4.45. The largest absolute Gasteiger partial charge is 0.463 e. The van der Waals surface area contributed by atoms with Crippen LogP contribution < -0.4 is 0 Å². The zero-order valence-electron chi connectivity index (χ0n) is 8.72. The highest BCUT2D eigenvalue weighted by Gasteiger charge is 2.20. The second-order valence-electron chi connectivity index (χ2n) is 3.80. The first-order valence-electron chi connectivity index (χ1n) is 5.00. The van der Waals surface area contributed by atoms with Gasteiger partial charge in [0.1, 0.15) is 0 Å². The van der Waals surface area contributed by atoms with Crippen LogP contribution in [0.3, 0.4) is 0 Å². The molecular formula is C11H18O2. The third-order valence-electron chi connectivity index (χ3n) is 2.65. The van der Waals surface area contributed by atoms with Crippen molar-refractivity contribution >= 4 is 5.97 Å². The summed E-state index contributed by atoms with van der Waals surface area (Å²) in [7, 11) is 0. The number of rotatable bonds is 2. The zero-order chi connectivity index (χ0) is 9.84. The van der Waals surface area contributed by atoms with Crippen molar-refractivity contribution in [1.82, 2.24) is 0 Å². The van der Waals surface area contributed by atoms with Gasteiger partial charge in [-0.1, -0.05) is 12.5 Å². The molecule has 0 aliphatic heterocycles. The molecule has 1 unspecified atom stereocenters. The molecule has 0 aromatic heterocycles. The highest BCUT2D eigenvalue weighted by atomic mass is 16.5. The van der Waals surface area contributed by atoms with Gasteiger partial charge in [-0.3, -0.25) is 0 Å². The Labute approximate surface area is 80.0 Å². The normalized spacial score (nSPS) is 25.9. The van der Waals surface area contributed by atoms with Crippen LogP contribution in [0.5, 0.6) is 0 Å². The number of allylic oxidation sites excluding steroid dienone is 1. The molecule has 1 saturated carbocycles. The molecule has 74 valence electrons. The van der Waals surface area contributed by atoms with Gasteiger partial charge in [-0.2, -0.15) is 0 Å². The van der Waals surface area contributed by atoms with Gasteiger partial charge in [-0.05, 0) is 39.0 Å². The van der Waals surface area contributed by atoms with Crippen molar-refractivity contribution < 1.29 is 9.53 Å². The van der Waals surface area contributed by atoms with Gasteiger partial charge in [0, 0.05) is 5.57 Å². The van der Waals surface area contributed by atoms with E-state index in [0.29, 0.717) is 6.61 Å². The van der Waals surface area contributed by atoms with Crippen molar-refractivity contribution in [3.8, 4) is 0 Å². The molecule has 2 heteroatoms. The van der Waals surface area contributed by atoms with Crippen molar-refractivity contribution in [1.29, 1.82) is 0 Å². The third kappa shape index (κ3) is 2.58. The standard InChI is InChI=1S/C11H18O2/c1-4-13-11(12)9(3)10-6-5-8(2)7-10/h8H,4-7H2,1-3H3. The van der Waals surface area contributed by atoms with Gasteiger partial charge in [0.2, 0.25) is 0 Å². The van der Waals surface area contributed by atoms with Crippen LogP contribution in [0.1, 0.15) is 40.0 Å². The predicted octanol–water partition coefficient (Wildman–Crippen LogP) is 2.69. The van der Waals surface area contributed by atoms with Crippen molar-refractivity contribution in [2.45, 2.75) is 40.0 Å². The van der Waals surface area contributed by atoms with E-state index in [9.17, 15) is 4.79 Å². The molecule has 1 aliphatic carbocycles. The number of esters is 1. The van der Waals surface area contributed by atoms with Gasteiger partial charge in [0.15, 0.2) is 0 Å². The molecule has 0 radical (unpaired) electrons. The minimum Gasteiger partial charge on any atom is -0.463 e. The van der Waals surface area contributed by atoms with Gasteiger partial charge in [0.25, 0.3) is 0 Å². The van der Waals surface area contributed by atoms with Crippen LogP contribution in [-0.2, 0) is 9.53 Å². The minimum atomic E-state index is -0.133. The lowest BCUT2D eigenvalue weighted by molar-refractivity contribution is -0.138. The molecule has 0 aromatic carbocycles. The highest BCUT2D eigenvalue weighted by molar-refractivity contribution is 5.88. The molecule has 0 spiro atoms. The van der Waals surface area contributed by atoms with Crippen LogP contribution in [0.2, 0.25) is 0 Å². The van der Waals surface area contributed by atoms with E-state index in [1.54, 1.807) is 0 Å². The number of hydrogen-bond donors (Lipinski definition) is 0. The van der Waals surface area contributed by atoms with Crippen LogP contribution in [0, 0.1) is 5.92 Å². The average molecular weight is 182 g/mol. The fourth-order valence-corrected chi connectivity index (χ4v) is 1.77. The first-order valence-corrected chi connectivity index (χ1v) is 5.00. The third-order valence-corrected chi connectivity index (χ3v) is 2.65. The van der Waals surface area contributed by atoms with E-state index in [1.807, 2.05) is 13.8 Å². The summed E-state index contributed by atoms with van der Waals surface area (Å²) in [6, 6.07) is 0. The number of hydrogen-bond acceptors (Lipinski definition) is 2. The van der Waals surface area contributed by atoms with E-state index in [0.717, 1.165) is 24.3 Å². The Balaban J connectivity index is 2.63.